The summed E-state index contributed by atoms with van der Waals surface area (Å²) in [6.07, 6.45) is 4.70. The summed E-state index contributed by atoms with van der Waals surface area (Å²) in [6, 6.07) is 9.99. The smallest absolute Gasteiger partial charge is 0.140 e. The molecule has 0 aliphatic rings. The molecule has 4 nitrogen and oxygen atoms in total. The van der Waals surface area contributed by atoms with E-state index in [1.807, 2.05) is 48.0 Å². The number of rotatable bonds is 3. The first kappa shape index (κ1) is 12.5. The van der Waals surface area contributed by atoms with Gasteiger partial charge >= 0.3 is 0 Å². The number of nitrogens with two attached hydrogens (primary N) is 1. The fraction of sp³-hybridized carbons (Fsp3) is 0.188. The zero-order chi connectivity index (χ0) is 14.1. The highest BCUT2D eigenvalue weighted by molar-refractivity contribution is 5.55. The summed E-state index contributed by atoms with van der Waals surface area (Å²) < 4.78 is 7.23. The van der Waals surface area contributed by atoms with Crippen LogP contribution in [-0.2, 0) is 6.42 Å². The number of ether oxygens (including phenoxy) is 1. The van der Waals surface area contributed by atoms with E-state index in [4.69, 9.17) is 10.5 Å². The van der Waals surface area contributed by atoms with Crippen LogP contribution < -0.4 is 10.5 Å². The minimum absolute atomic E-state index is 0.750. The number of nitrogen functional groups attached to an aromatic ring is 1. The van der Waals surface area contributed by atoms with Crippen molar-refractivity contribution in [3.63, 3.8) is 0 Å². The van der Waals surface area contributed by atoms with E-state index in [2.05, 4.69) is 11.1 Å². The minimum Gasteiger partial charge on any atom is -0.497 e. The van der Waals surface area contributed by atoms with Gasteiger partial charge in [-0.05, 0) is 36.2 Å². The standard InChI is InChI=1S/C16H17N3O/c1-11-6-13(17)9-19-10-14(18-16(11)19)7-12-4-3-5-15(8-12)20-2/h3-6,8-10H,7,17H2,1-2H3. The zero-order valence-electron chi connectivity index (χ0n) is 11.6. The van der Waals surface area contributed by atoms with Crippen molar-refractivity contribution in [1.29, 1.82) is 0 Å². The van der Waals surface area contributed by atoms with Gasteiger partial charge in [-0.1, -0.05) is 12.1 Å². The molecule has 3 aromatic rings. The van der Waals surface area contributed by atoms with Crippen LogP contribution in [0.2, 0.25) is 0 Å². The number of imidazole rings is 1. The summed E-state index contributed by atoms with van der Waals surface area (Å²) in [7, 11) is 1.68. The molecule has 0 atom stereocenters. The van der Waals surface area contributed by atoms with Crippen molar-refractivity contribution in [2.45, 2.75) is 13.3 Å². The molecule has 0 saturated carbocycles. The van der Waals surface area contributed by atoms with E-state index in [0.29, 0.717) is 0 Å². The Kier molecular flexibility index (Phi) is 3.06. The second kappa shape index (κ2) is 4.89. The number of fused-ring (bicyclic) bond motifs is 1. The van der Waals surface area contributed by atoms with Crippen LogP contribution in [0.4, 0.5) is 5.69 Å². The molecule has 2 heterocycles. The Hall–Kier alpha value is -2.49. The lowest BCUT2D eigenvalue weighted by Gasteiger charge is -2.02. The van der Waals surface area contributed by atoms with Crippen LogP contribution in [0.25, 0.3) is 5.65 Å². The molecule has 0 fully saturated rings. The number of nitrogens with zero attached hydrogens (tertiary/aromatic N) is 2. The van der Waals surface area contributed by atoms with Gasteiger partial charge in [0.05, 0.1) is 12.8 Å². The number of anilines is 1. The lowest BCUT2D eigenvalue weighted by atomic mass is 10.1. The topological polar surface area (TPSA) is 52.5 Å². The normalized spacial score (nSPS) is 10.9. The molecule has 3 rings (SSSR count). The summed E-state index contributed by atoms with van der Waals surface area (Å²) in [5, 5.41) is 0. The van der Waals surface area contributed by atoms with Crippen LogP contribution in [0.5, 0.6) is 5.75 Å². The minimum atomic E-state index is 0.750. The maximum Gasteiger partial charge on any atom is 0.140 e. The van der Waals surface area contributed by atoms with Crippen LogP contribution >= 0.6 is 0 Å². The van der Waals surface area contributed by atoms with Crippen molar-refractivity contribution < 1.29 is 4.74 Å². The van der Waals surface area contributed by atoms with Gasteiger partial charge in [0.1, 0.15) is 11.4 Å². The molecule has 20 heavy (non-hydrogen) atoms. The first-order valence-electron chi connectivity index (χ1n) is 6.52. The highest BCUT2D eigenvalue weighted by atomic mass is 16.5. The molecule has 1 aromatic carbocycles. The van der Waals surface area contributed by atoms with Crippen molar-refractivity contribution in [3.05, 3.63) is 59.5 Å². The largest absolute Gasteiger partial charge is 0.497 e. The summed E-state index contributed by atoms with van der Waals surface area (Å²) in [5.74, 6) is 0.867. The summed E-state index contributed by atoms with van der Waals surface area (Å²) in [5.41, 5.74) is 10.8. The fourth-order valence-electron chi connectivity index (χ4n) is 2.42. The van der Waals surface area contributed by atoms with Crippen LogP contribution in [0.15, 0.2) is 42.7 Å². The second-order valence-corrected chi connectivity index (χ2v) is 4.95. The molecule has 4 heteroatoms. The number of hydrogen-bond donors (Lipinski definition) is 1. The van der Waals surface area contributed by atoms with Gasteiger partial charge < -0.3 is 14.9 Å². The van der Waals surface area contributed by atoms with E-state index in [0.717, 1.165) is 34.8 Å². The van der Waals surface area contributed by atoms with Gasteiger partial charge in [0, 0.05) is 24.5 Å². The van der Waals surface area contributed by atoms with E-state index >= 15 is 0 Å². The molecule has 2 N–H and O–H groups in total. The third-order valence-electron chi connectivity index (χ3n) is 3.33. The predicted molar refractivity (Wildman–Crippen MR) is 80.1 cm³/mol. The molecule has 0 radical (unpaired) electrons. The lowest BCUT2D eigenvalue weighted by Crippen LogP contribution is -1.92. The van der Waals surface area contributed by atoms with Crippen LogP contribution in [0.1, 0.15) is 16.8 Å². The Balaban J connectivity index is 1.96. The number of benzene rings is 1. The molecule has 0 bridgehead atoms. The van der Waals surface area contributed by atoms with Crippen molar-refractivity contribution >= 4 is 11.3 Å². The average Bonchev–Trinajstić information content (AvgIpc) is 2.81. The van der Waals surface area contributed by atoms with Gasteiger partial charge in [0.15, 0.2) is 0 Å². The molecule has 0 aliphatic heterocycles. The van der Waals surface area contributed by atoms with E-state index < -0.39 is 0 Å². The Morgan fingerprint density at radius 3 is 2.90 bits per heavy atom. The molecule has 0 amide bonds. The van der Waals surface area contributed by atoms with Crippen LogP contribution in [-0.4, -0.2) is 16.5 Å². The zero-order valence-corrected chi connectivity index (χ0v) is 11.6. The van der Waals surface area contributed by atoms with Crippen molar-refractivity contribution in [3.8, 4) is 5.75 Å². The lowest BCUT2D eigenvalue weighted by molar-refractivity contribution is 0.414. The Morgan fingerprint density at radius 1 is 1.25 bits per heavy atom. The summed E-state index contributed by atoms with van der Waals surface area (Å²) in [6.45, 7) is 2.02. The Bertz CT molecular complexity index is 762. The van der Waals surface area contributed by atoms with E-state index in [-0.39, 0.29) is 0 Å². The van der Waals surface area contributed by atoms with Crippen molar-refractivity contribution in [1.82, 2.24) is 9.38 Å². The van der Waals surface area contributed by atoms with E-state index in [1.165, 1.54) is 5.56 Å². The number of aromatic nitrogens is 2. The van der Waals surface area contributed by atoms with Gasteiger partial charge in [-0.2, -0.15) is 0 Å². The highest BCUT2D eigenvalue weighted by Gasteiger charge is 2.06. The molecule has 0 saturated heterocycles. The van der Waals surface area contributed by atoms with Crippen molar-refractivity contribution in [2.24, 2.45) is 0 Å². The molecule has 0 spiro atoms. The average molecular weight is 267 g/mol. The fourth-order valence-corrected chi connectivity index (χ4v) is 2.42. The maximum atomic E-state index is 5.86. The van der Waals surface area contributed by atoms with Gasteiger partial charge in [-0.15, -0.1) is 0 Å². The first-order valence-corrected chi connectivity index (χ1v) is 6.52. The van der Waals surface area contributed by atoms with E-state index in [1.54, 1.807) is 7.11 Å². The number of pyridine rings is 1. The molecule has 102 valence electrons. The monoisotopic (exact) mass is 267 g/mol. The number of hydrogen-bond acceptors (Lipinski definition) is 3. The van der Waals surface area contributed by atoms with Crippen LogP contribution in [0, 0.1) is 6.92 Å². The highest BCUT2D eigenvalue weighted by Crippen LogP contribution is 2.18. The van der Waals surface area contributed by atoms with Crippen LogP contribution in [0.3, 0.4) is 0 Å². The second-order valence-electron chi connectivity index (χ2n) is 4.95. The van der Waals surface area contributed by atoms with Gasteiger partial charge in [-0.25, -0.2) is 4.98 Å². The number of methoxy groups -OCH3 is 1. The number of aryl methyl sites for hydroxylation is 1. The maximum absolute atomic E-state index is 5.86. The Morgan fingerprint density at radius 2 is 2.10 bits per heavy atom. The molecule has 0 unspecified atom stereocenters. The quantitative estimate of drug-likeness (QED) is 0.794. The van der Waals surface area contributed by atoms with Gasteiger partial charge in [0.25, 0.3) is 0 Å². The summed E-state index contributed by atoms with van der Waals surface area (Å²) in [4.78, 5) is 4.67. The van der Waals surface area contributed by atoms with Gasteiger partial charge in [-0.3, -0.25) is 0 Å². The first-order chi connectivity index (χ1) is 9.65. The summed E-state index contributed by atoms with van der Waals surface area (Å²) >= 11 is 0. The predicted octanol–water partition coefficient (Wildman–Crippen LogP) is 2.82. The van der Waals surface area contributed by atoms with Gasteiger partial charge in [0.2, 0.25) is 0 Å². The molecule has 0 aliphatic carbocycles. The van der Waals surface area contributed by atoms with E-state index in [9.17, 15) is 0 Å². The SMILES string of the molecule is COc1cccc(Cc2cn3cc(N)cc(C)c3n2)c1. The van der Waals surface area contributed by atoms with Crippen molar-refractivity contribution in [2.75, 3.05) is 12.8 Å². The Labute approximate surface area is 117 Å². The molecule has 2 aromatic heterocycles. The third-order valence-corrected chi connectivity index (χ3v) is 3.33. The molecular formula is C16H17N3O. The molecular weight excluding hydrogens is 250 g/mol. The third kappa shape index (κ3) is 2.32.